The summed E-state index contributed by atoms with van der Waals surface area (Å²) in [5.41, 5.74) is 2.41. The molecule has 2 heteroatoms. The predicted molar refractivity (Wildman–Crippen MR) is 110 cm³/mol. The number of carbonyl (C=O) groups is 1. The van der Waals surface area contributed by atoms with Gasteiger partial charge in [-0.05, 0) is 48.6 Å². The molecule has 0 amide bonds. The number of hydrogen-bond donors (Lipinski definition) is 0. The Balaban J connectivity index is 2.09. The molecule has 0 spiro atoms. The van der Waals surface area contributed by atoms with Crippen molar-refractivity contribution in [3.05, 3.63) is 75.5 Å². The summed E-state index contributed by atoms with van der Waals surface area (Å²) >= 11 is 1.62. The molecule has 0 radical (unpaired) electrons. The molecule has 0 atom stereocenters. The first-order chi connectivity index (χ1) is 12.2. The summed E-state index contributed by atoms with van der Waals surface area (Å²) in [6.45, 7) is 4.38. The molecule has 25 heavy (non-hydrogen) atoms. The number of allylic oxidation sites excluding steroid dienone is 3. The maximum Gasteiger partial charge on any atom is 0.195 e. The topological polar surface area (TPSA) is 17.1 Å². The molecule has 0 saturated carbocycles. The van der Waals surface area contributed by atoms with E-state index in [0.29, 0.717) is 0 Å². The average molecular weight is 353 g/mol. The van der Waals surface area contributed by atoms with Crippen molar-refractivity contribution >= 4 is 23.2 Å². The zero-order valence-electron chi connectivity index (χ0n) is 15.3. The lowest BCUT2D eigenvalue weighted by atomic mass is 10.0. The summed E-state index contributed by atoms with van der Waals surface area (Å²) in [5.74, 6) is 0.113. The second-order valence-corrected chi connectivity index (χ2v) is 7.47. The van der Waals surface area contributed by atoms with E-state index in [1.165, 1.54) is 28.9 Å². The third kappa shape index (κ3) is 6.83. The lowest BCUT2D eigenvalue weighted by molar-refractivity contribution is 0.105. The molecule has 0 saturated heterocycles. The Labute approximate surface area is 156 Å². The molecule has 1 nitrogen and oxygen atoms in total. The maximum absolute atomic E-state index is 12.4. The van der Waals surface area contributed by atoms with E-state index in [4.69, 9.17) is 0 Å². The molecule has 132 valence electrons. The van der Waals surface area contributed by atoms with Crippen molar-refractivity contribution in [2.75, 3.05) is 0 Å². The molecule has 0 aliphatic rings. The van der Waals surface area contributed by atoms with Crippen LogP contribution in [0.2, 0.25) is 0 Å². The summed E-state index contributed by atoms with van der Waals surface area (Å²) in [5, 5.41) is 0. The van der Waals surface area contributed by atoms with Gasteiger partial charge < -0.3 is 0 Å². The summed E-state index contributed by atoms with van der Waals surface area (Å²) in [7, 11) is 0. The Hall–Kier alpha value is -1.93. The molecule has 0 unspecified atom stereocenters. The smallest absolute Gasteiger partial charge is 0.195 e. The minimum Gasteiger partial charge on any atom is -0.288 e. The zero-order chi connectivity index (χ0) is 17.9. The van der Waals surface area contributed by atoms with Crippen molar-refractivity contribution in [2.24, 2.45) is 0 Å². The van der Waals surface area contributed by atoms with E-state index in [0.717, 1.165) is 30.6 Å². The SMILES string of the molecule is CCCCCC(=C/c1ccccc1)/C=C/C(=O)c1ccc(CCC)s1. The Kier molecular flexibility index (Phi) is 8.41. The summed E-state index contributed by atoms with van der Waals surface area (Å²) in [6, 6.07) is 14.4. The highest BCUT2D eigenvalue weighted by Gasteiger charge is 2.06. The summed E-state index contributed by atoms with van der Waals surface area (Å²) in [4.78, 5) is 14.6. The van der Waals surface area contributed by atoms with E-state index in [9.17, 15) is 4.79 Å². The molecule has 0 aliphatic heterocycles. The third-order valence-corrected chi connectivity index (χ3v) is 5.23. The normalized spacial score (nSPS) is 12.0. The van der Waals surface area contributed by atoms with Gasteiger partial charge in [0.15, 0.2) is 5.78 Å². The van der Waals surface area contributed by atoms with Gasteiger partial charge in [-0.15, -0.1) is 11.3 Å². The number of thiophene rings is 1. The van der Waals surface area contributed by atoms with Crippen molar-refractivity contribution in [1.29, 1.82) is 0 Å². The largest absolute Gasteiger partial charge is 0.288 e. The van der Waals surface area contributed by atoms with E-state index < -0.39 is 0 Å². The van der Waals surface area contributed by atoms with Crippen molar-refractivity contribution < 1.29 is 4.79 Å². The monoisotopic (exact) mass is 352 g/mol. The highest BCUT2D eigenvalue weighted by atomic mass is 32.1. The van der Waals surface area contributed by atoms with Crippen LogP contribution in [0.5, 0.6) is 0 Å². The highest BCUT2D eigenvalue weighted by molar-refractivity contribution is 7.14. The third-order valence-electron chi connectivity index (χ3n) is 4.07. The van der Waals surface area contributed by atoms with Crippen molar-refractivity contribution in [2.45, 2.75) is 52.4 Å². The minimum atomic E-state index is 0.113. The second-order valence-electron chi connectivity index (χ2n) is 6.30. The van der Waals surface area contributed by atoms with E-state index >= 15 is 0 Å². The number of ketones is 1. The van der Waals surface area contributed by atoms with Crippen LogP contribution in [0.15, 0.2) is 60.2 Å². The number of aryl methyl sites for hydroxylation is 1. The van der Waals surface area contributed by atoms with Gasteiger partial charge in [0.2, 0.25) is 0 Å². The fourth-order valence-electron chi connectivity index (χ4n) is 2.70. The lowest BCUT2D eigenvalue weighted by Gasteiger charge is -2.03. The van der Waals surface area contributed by atoms with Crippen molar-refractivity contribution in [1.82, 2.24) is 0 Å². The van der Waals surface area contributed by atoms with Crippen molar-refractivity contribution in [3.8, 4) is 0 Å². The van der Waals surface area contributed by atoms with Crippen LogP contribution in [-0.2, 0) is 6.42 Å². The maximum atomic E-state index is 12.4. The fraction of sp³-hybridized carbons (Fsp3) is 0.348. The van der Waals surface area contributed by atoms with Gasteiger partial charge in [0, 0.05) is 4.88 Å². The first kappa shape index (κ1) is 19.4. The standard InChI is InChI=1S/C23H28OS/c1-3-5-7-11-20(18-19-12-8-6-9-13-19)14-16-22(24)23-17-15-21(25-23)10-4-2/h6,8-9,12-18H,3-5,7,10-11H2,1-2H3/b16-14+,20-18-. The number of benzene rings is 1. The zero-order valence-corrected chi connectivity index (χ0v) is 16.1. The van der Waals surface area contributed by atoms with Crippen LogP contribution in [0.3, 0.4) is 0 Å². The summed E-state index contributed by atoms with van der Waals surface area (Å²) < 4.78 is 0. The molecular formula is C23H28OS. The Morgan fingerprint density at radius 1 is 0.960 bits per heavy atom. The molecule has 2 rings (SSSR count). The lowest BCUT2D eigenvalue weighted by Crippen LogP contribution is -1.90. The number of carbonyl (C=O) groups excluding carboxylic acids is 1. The van der Waals surface area contributed by atoms with Gasteiger partial charge in [-0.2, -0.15) is 0 Å². The minimum absolute atomic E-state index is 0.113. The first-order valence-electron chi connectivity index (χ1n) is 9.29. The molecule has 0 fully saturated rings. The van der Waals surface area contributed by atoms with Crippen LogP contribution in [0, 0.1) is 0 Å². The van der Waals surface area contributed by atoms with Crippen LogP contribution in [0.1, 0.15) is 66.1 Å². The van der Waals surface area contributed by atoms with Gasteiger partial charge >= 0.3 is 0 Å². The molecule has 2 aromatic rings. The number of hydrogen-bond acceptors (Lipinski definition) is 2. The molecule has 0 aliphatic carbocycles. The van der Waals surface area contributed by atoms with E-state index in [1.807, 2.05) is 30.3 Å². The molecular weight excluding hydrogens is 324 g/mol. The fourth-order valence-corrected chi connectivity index (χ4v) is 3.73. The van der Waals surface area contributed by atoms with E-state index in [-0.39, 0.29) is 5.78 Å². The average Bonchev–Trinajstić information content (AvgIpc) is 3.09. The van der Waals surface area contributed by atoms with Crippen LogP contribution < -0.4 is 0 Å². The molecule has 1 aromatic heterocycles. The van der Waals surface area contributed by atoms with E-state index in [1.54, 1.807) is 17.4 Å². The van der Waals surface area contributed by atoms with Crippen molar-refractivity contribution in [3.63, 3.8) is 0 Å². The Bertz CT molecular complexity index is 707. The Morgan fingerprint density at radius 3 is 2.48 bits per heavy atom. The van der Waals surface area contributed by atoms with Gasteiger partial charge in [-0.3, -0.25) is 4.79 Å². The second kappa shape index (κ2) is 10.8. The van der Waals surface area contributed by atoms with Crippen LogP contribution in [0.4, 0.5) is 0 Å². The number of unbranched alkanes of at least 4 members (excludes halogenated alkanes) is 2. The highest BCUT2D eigenvalue weighted by Crippen LogP contribution is 2.20. The van der Waals surface area contributed by atoms with Crippen LogP contribution in [0.25, 0.3) is 6.08 Å². The predicted octanol–water partition coefficient (Wildman–Crippen LogP) is 7.10. The van der Waals surface area contributed by atoms with Gasteiger partial charge in [-0.1, -0.05) is 75.6 Å². The molecule has 0 bridgehead atoms. The van der Waals surface area contributed by atoms with Gasteiger partial charge in [-0.25, -0.2) is 0 Å². The van der Waals surface area contributed by atoms with Crippen LogP contribution in [-0.4, -0.2) is 5.78 Å². The summed E-state index contributed by atoms with van der Waals surface area (Å²) in [6.07, 6.45) is 12.7. The van der Waals surface area contributed by atoms with Gasteiger partial charge in [0.25, 0.3) is 0 Å². The first-order valence-corrected chi connectivity index (χ1v) is 10.1. The van der Waals surface area contributed by atoms with Gasteiger partial charge in [0.05, 0.1) is 4.88 Å². The van der Waals surface area contributed by atoms with Crippen LogP contribution >= 0.6 is 11.3 Å². The molecule has 1 heterocycles. The molecule has 0 N–H and O–H groups in total. The van der Waals surface area contributed by atoms with Gasteiger partial charge in [0.1, 0.15) is 0 Å². The Morgan fingerprint density at radius 2 is 1.76 bits per heavy atom. The quantitative estimate of drug-likeness (QED) is 0.193. The molecule has 1 aromatic carbocycles. The van der Waals surface area contributed by atoms with E-state index in [2.05, 4.69) is 38.1 Å². The number of rotatable bonds is 10.